The molecule has 0 spiro atoms. The van der Waals surface area contributed by atoms with Crippen molar-refractivity contribution in [1.82, 2.24) is 4.90 Å². The maximum Gasteiger partial charge on any atom is 0.222 e. The Morgan fingerprint density at radius 2 is 2.19 bits per heavy atom. The monoisotopic (exact) mass is 291 g/mol. The van der Waals surface area contributed by atoms with Gasteiger partial charge in [-0.3, -0.25) is 4.79 Å². The average molecular weight is 291 g/mol. The lowest BCUT2D eigenvalue weighted by atomic mass is 9.98. The smallest absolute Gasteiger partial charge is 0.222 e. The summed E-state index contributed by atoms with van der Waals surface area (Å²) < 4.78 is 5.38. The summed E-state index contributed by atoms with van der Waals surface area (Å²) in [5, 5.41) is 9.27. The van der Waals surface area contributed by atoms with Crippen LogP contribution in [0.2, 0.25) is 0 Å². The van der Waals surface area contributed by atoms with Crippen molar-refractivity contribution in [1.29, 1.82) is 0 Å². The third kappa shape index (κ3) is 3.97. The number of ether oxygens (including phenoxy) is 1. The van der Waals surface area contributed by atoms with Gasteiger partial charge in [-0.25, -0.2) is 0 Å². The fourth-order valence-electron chi connectivity index (χ4n) is 2.93. The summed E-state index contributed by atoms with van der Waals surface area (Å²) in [5.74, 6) is 1.66. The zero-order chi connectivity index (χ0) is 15.2. The Morgan fingerprint density at radius 1 is 1.38 bits per heavy atom. The minimum absolute atomic E-state index is 0.00283. The number of methoxy groups -OCH3 is 1. The molecule has 1 aromatic carbocycles. The maximum atomic E-state index is 12.3. The summed E-state index contributed by atoms with van der Waals surface area (Å²) >= 11 is 0. The van der Waals surface area contributed by atoms with E-state index in [1.165, 1.54) is 0 Å². The molecule has 1 saturated heterocycles. The molecule has 1 fully saturated rings. The second kappa shape index (κ2) is 7.46. The van der Waals surface area contributed by atoms with Crippen molar-refractivity contribution in [2.45, 2.75) is 45.8 Å². The van der Waals surface area contributed by atoms with Crippen LogP contribution < -0.4 is 4.74 Å². The van der Waals surface area contributed by atoms with Crippen molar-refractivity contribution in [2.24, 2.45) is 5.92 Å². The quantitative estimate of drug-likeness (QED) is 0.907. The molecule has 1 aliphatic rings. The Bertz CT molecular complexity index is 487. The zero-order valence-electron chi connectivity index (χ0n) is 13.0. The Hall–Kier alpha value is -1.55. The fourth-order valence-corrected chi connectivity index (χ4v) is 2.93. The SMILES string of the molecule is CCC1CCC(=O)N(Cc2cc(CO)ccc2OC)CC1. The van der Waals surface area contributed by atoms with Crippen LogP contribution >= 0.6 is 0 Å². The molecule has 1 N–H and O–H groups in total. The molecule has 0 aliphatic carbocycles. The molecule has 116 valence electrons. The van der Waals surface area contributed by atoms with Crippen LogP contribution in [0.5, 0.6) is 5.75 Å². The molecule has 4 nitrogen and oxygen atoms in total. The number of carbonyl (C=O) groups is 1. The molecule has 4 heteroatoms. The molecule has 1 atom stereocenters. The molecule has 21 heavy (non-hydrogen) atoms. The minimum Gasteiger partial charge on any atom is -0.496 e. The number of hydrogen-bond donors (Lipinski definition) is 1. The summed E-state index contributed by atoms with van der Waals surface area (Å²) in [6.07, 6.45) is 3.86. The van der Waals surface area contributed by atoms with Gasteiger partial charge in [-0.05, 0) is 36.5 Å². The van der Waals surface area contributed by atoms with E-state index in [1.54, 1.807) is 7.11 Å². The van der Waals surface area contributed by atoms with E-state index in [0.717, 1.165) is 42.7 Å². The number of likely N-dealkylation sites (tertiary alicyclic amines) is 1. The first kappa shape index (κ1) is 15.8. The predicted molar refractivity (Wildman–Crippen MR) is 82.0 cm³/mol. The molecule has 1 aromatic rings. The highest BCUT2D eigenvalue weighted by molar-refractivity contribution is 5.76. The van der Waals surface area contributed by atoms with Gasteiger partial charge < -0.3 is 14.7 Å². The number of carbonyl (C=O) groups excluding carboxylic acids is 1. The lowest BCUT2D eigenvalue weighted by Gasteiger charge is -2.22. The van der Waals surface area contributed by atoms with Crippen LogP contribution in [0.25, 0.3) is 0 Å². The third-order valence-corrected chi connectivity index (χ3v) is 4.39. The Kier molecular flexibility index (Phi) is 5.62. The van der Waals surface area contributed by atoms with Crippen LogP contribution in [0.3, 0.4) is 0 Å². The van der Waals surface area contributed by atoms with Crippen LogP contribution in [-0.2, 0) is 17.9 Å². The summed E-state index contributed by atoms with van der Waals surface area (Å²) in [5.41, 5.74) is 1.81. The van der Waals surface area contributed by atoms with E-state index >= 15 is 0 Å². The van der Waals surface area contributed by atoms with Gasteiger partial charge in [0.15, 0.2) is 0 Å². The van der Waals surface area contributed by atoms with Crippen molar-refractivity contribution in [3.63, 3.8) is 0 Å². The Balaban J connectivity index is 2.14. The van der Waals surface area contributed by atoms with Gasteiger partial charge in [0.05, 0.1) is 13.7 Å². The molecule has 0 aromatic heterocycles. The molecule has 0 radical (unpaired) electrons. The van der Waals surface area contributed by atoms with E-state index in [2.05, 4.69) is 6.92 Å². The van der Waals surface area contributed by atoms with Crippen LogP contribution in [0.4, 0.5) is 0 Å². The largest absolute Gasteiger partial charge is 0.496 e. The van der Waals surface area contributed by atoms with Crippen molar-refractivity contribution < 1.29 is 14.6 Å². The van der Waals surface area contributed by atoms with E-state index in [4.69, 9.17) is 4.74 Å². The van der Waals surface area contributed by atoms with Gasteiger partial charge in [0, 0.05) is 25.1 Å². The highest BCUT2D eigenvalue weighted by Crippen LogP contribution is 2.26. The number of nitrogens with zero attached hydrogens (tertiary/aromatic N) is 1. The van der Waals surface area contributed by atoms with Crippen LogP contribution in [0, 0.1) is 5.92 Å². The van der Waals surface area contributed by atoms with Gasteiger partial charge in [-0.1, -0.05) is 19.4 Å². The molecule has 0 bridgehead atoms. The lowest BCUT2D eigenvalue weighted by molar-refractivity contribution is -0.131. The van der Waals surface area contributed by atoms with Gasteiger partial charge in [-0.15, -0.1) is 0 Å². The van der Waals surface area contributed by atoms with Crippen LogP contribution in [-0.4, -0.2) is 29.6 Å². The minimum atomic E-state index is 0.00283. The molecule has 1 amide bonds. The van der Waals surface area contributed by atoms with Gasteiger partial charge >= 0.3 is 0 Å². The second-order valence-electron chi connectivity index (χ2n) is 5.72. The summed E-state index contributed by atoms with van der Waals surface area (Å²) in [6.45, 7) is 3.57. The second-order valence-corrected chi connectivity index (χ2v) is 5.72. The predicted octanol–water partition coefficient (Wildman–Crippen LogP) is 2.73. The van der Waals surface area contributed by atoms with E-state index in [-0.39, 0.29) is 12.5 Å². The number of hydrogen-bond acceptors (Lipinski definition) is 3. The average Bonchev–Trinajstić information content (AvgIpc) is 2.69. The Labute approximate surface area is 126 Å². The normalized spacial score (nSPS) is 19.5. The fraction of sp³-hybridized carbons (Fsp3) is 0.588. The van der Waals surface area contributed by atoms with E-state index in [1.807, 2.05) is 23.1 Å². The van der Waals surface area contributed by atoms with E-state index in [9.17, 15) is 9.90 Å². The van der Waals surface area contributed by atoms with Crippen molar-refractivity contribution in [2.75, 3.05) is 13.7 Å². The van der Waals surface area contributed by atoms with Gasteiger partial charge in [0.1, 0.15) is 5.75 Å². The summed E-state index contributed by atoms with van der Waals surface area (Å²) in [7, 11) is 1.63. The molecule has 1 aliphatic heterocycles. The van der Waals surface area contributed by atoms with Gasteiger partial charge in [-0.2, -0.15) is 0 Å². The number of aliphatic hydroxyl groups is 1. The molecule has 0 saturated carbocycles. The summed E-state index contributed by atoms with van der Waals surface area (Å²) in [6, 6.07) is 5.63. The standard InChI is InChI=1S/C17H25NO3/c1-3-13-5-7-17(20)18(9-8-13)11-15-10-14(12-19)4-6-16(15)21-2/h4,6,10,13,19H,3,5,7-9,11-12H2,1-2H3. The highest BCUT2D eigenvalue weighted by Gasteiger charge is 2.22. The van der Waals surface area contributed by atoms with Crippen LogP contribution in [0.1, 0.15) is 43.7 Å². The van der Waals surface area contributed by atoms with Crippen LogP contribution in [0.15, 0.2) is 18.2 Å². The number of rotatable bonds is 5. The van der Waals surface area contributed by atoms with E-state index < -0.39 is 0 Å². The first-order valence-electron chi connectivity index (χ1n) is 7.72. The van der Waals surface area contributed by atoms with Gasteiger partial charge in [0.2, 0.25) is 5.91 Å². The summed E-state index contributed by atoms with van der Waals surface area (Å²) in [4.78, 5) is 14.2. The highest BCUT2D eigenvalue weighted by atomic mass is 16.5. The maximum absolute atomic E-state index is 12.3. The molecule has 1 unspecified atom stereocenters. The van der Waals surface area contributed by atoms with E-state index in [0.29, 0.717) is 18.9 Å². The third-order valence-electron chi connectivity index (χ3n) is 4.39. The first-order valence-corrected chi connectivity index (χ1v) is 7.72. The Morgan fingerprint density at radius 3 is 2.86 bits per heavy atom. The number of benzene rings is 1. The first-order chi connectivity index (χ1) is 10.2. The van der Waals surface area contributed by atoms with Crippen molar-refractivity contribution in [3.05, 3.63) is 29.3 Å². The molecular formula is C17H25NO3. The topological polar surface area (TPSA) is 49.8 Å². The molecular weight excluding hydrogens is 266 g/mol. The van der Waals surface area contributed by atoms with Crippen molar-refractivity contribution in [3.8, 4) is 5.75 Å². The molecule has 2 rings (SSSR count). The van der Waals surface area contributed by atoms with Crippen molar-refractivity contribution >= 4 is 5.91 Å². The van der Waals surface area contributed by atoms with Gasteiger partial charge in [0.25, 0.3) is 0 Å². The molecule has 1 heterocycles. The zero-order valence-corrected chi connectivity index (χ0v) is 13.0. The number of amides is 1. The number of aliphatic hydroxyl groups excluding tert-OH is 1. The lowest BCUT2D eigenvalue weighted by Crippen LogP contribution is -2.30.